The van der Waals surface area contributed by atoms with Gasteiger partial charge in [0, 0.05) is 11.6 Å². The van der Waals surface area contributed by atoms with Crippen LogP contribution in [0.3, 0.4) is 0 Å². The van der Waals surface area contributed by atoms with Gasteiger partial charge < -0.3 is 15.6 Å². The smallest absolute Gasteiger partial charge is 0.123 e. The van der Waals surface area contributed by atoms with E-state index in [4.69, 9.17) is 15.6 Å². The molecular weight excluding hydrogens is 286 g/mol. The summed E-state index contributed by atoms with van der Waals surface area (Å²) in [5.74, 6) is 0.869. The van der Waals surface area contributed by atoms with Gasteiger partial charge in [0.25, 0.3) is 0 Å². The summed E-state index contributed by atoms with van der Waals surface area (Å²) in [6.45, 7) is 4.17. The van der Waals surface area contributed by atoms with Crippen molar-refractivity contribution in [1.82, 2.24) is 0 Å². The average molecular weight is 308 g/mol. The van der Waals surface area contributed by atoms with Crippen molar-refractivity contribution in [2.45, 2.75) is 18.9 Å². The van der Waals surface area contributed by atoms with Crippen LogP contribution in [-0.4, -0.2) is 24.4 Å². The van der Waals surface area contributed by atoms with E-state index in [9.17, 15) is 0 Å². The van der Waals surface area contributed by atoms with Gasteiger partial charge >= 0.3 is 0 Å². The second kappa shape index (κ2) is 8.67. The fourth-order valence-corrected chi connectivity index (χ4v) is 2.28. The molecule has 2 aromatic rings. The highest BCUT2D eigenvalue weighted by molar-refractivity contribution is 5.87. The lowest BCUT2D eigenvalue weighted by atomic mass is 9.98. The van der Waals surface area contributed by atoms with Crippen LogP contribution in [0.4, 0.5) is 0 Å². The van der Waals surface area contributed by atoms with Crippen LogP contribution in [-0.2, 0) is 6.42 Å². The second-order valence-corrected chi connectivity index (χ2v) is 4.84. The first-order chi connectivity index (χ1) is 9.76. The van der Waals surface area contributed by atoms with Gasteiger partial charge in [0.05, 0.1) is 6.61 Å². The molecule has 0 aliphatic carbocycles. The van der Waals surface area contributed by atoms with Crippen LogP contribution in [0, 0.1) is 0 Å². The molecule has 21 heavy (non-hydrogen) atoms. The highest BCUT2D eigenvalue weighted by Crippen LogP contribution is 2.29. The molecule has 0 bridgehead atoms. The Labute approximate surface area is 131 Å². The summed E-state index contributed by atoms with van der Waals surface area (Å²) in [5.41, 5.74) is 6.96. The number of aliphatic hydroxyl groups is 1. The van der Waals surface area contributed by atoms with Crippen molar-refractivity contribution in [2.24, 2.45) is 5.73 Å². The van der Waals surface area contributed by atoms with E-state index in [1.54, 1.807) is 6.08 Å². The van der Waals surface area contributed by atoms with E-state index in [2.05, 4.69) is 24.8 Å². The fourth-order valence-electron chi connectivity index (χ4n) is 2.28. The number of rotatable bonds is 7. The van der Waals surface area contributed by atoms with Crippen molar-refractivity contribution in [2.75, 3.05) is 13.2 Å². The summed E-state index contributed by atoms with van der Waals surface area (Å²) in [6, 6.07) is 12.1. The molecule has 0 radical (unpaired) electrons. The van der Waals surface area contributed by atoms with Crippen LogP contribution in [0.1, 0.15) is 12.0 Å². The molecule has 0 heterocycles. The number of halogens is 1. The van der Waals surface area contributed by atoms with E-state index in [1.165, 1.54) is 10.8 Å². The van der Waals surface area contributed by atoms with Gasteiger partial charge in [-0.25, -0.2) is 0 Å². The highest BCUT2D eigenvalue weighted by atomic mass is 35.5. The third-order valence-corrected chi connectivity index (χ3v) is 3.35. The Kier molecular flexibility index (Phi) is 7.23. The van der Waals surface area contributed by atoms with Crippen LogP contribution < -0.4 is 10.5 Å². The normalized spacial score (nSPS) is 11.7. The van der Waals surface area contributed by atoms with Gasteiger partial charge in [-0.15, -0.1) is 12.4 Å². The third-order valence-electron chi connectivity index (χ3n) is 3.35. The lowest BCUT2D eigenvalue weighted by Gasteiger charge is -2.15. The predicted octanol–water partition coefficient (Wildman–Crippen LogP) is 3.08. The maximum absolute atomic E-state index is 9.07. The quantitative estimate of drug-likeness (QED) is 0.773. The van der Waals surface area contributed by atoms with Crippen molar-refractivity contribution in [3.05, 3.63) is 54.6 Å². The van der Waals surface area contributed by atoms with Crippen LogP contribution in [0.15, 0.2) is 49.1 Å². The molecule has 2 aromatic carbocycles. The maximum atomic E-state index is 9.07. The Morgan fingerprint density at radius 2 is 2.00 bits per heavy atom. The molecule has 1 unspecified atom stereocenters. The number of aryl methyl sites for hydroxylation is 1. The lowest BCUT2D eigenvalue weighted by molar-refractivity contribution is 0.260. The van der Waals surface area contributed by atoms with E-state index < -0.39 is 0 Å². The number of ether oxygens (including phenoxy) is 1. The molecule has 0 aromatic heterocycles. The van der Waals surface area contributed by atoms with E-state index in [1.807, 2.05) is 18.2 Å². The minimum atomic E-state index is -0.193. The molecule has 0 aliphatic heterocycles. The standard InChI is InChI=1S/C17H21NO2.ClH/c1-2-11-20-17-10-7-13-5-3-4-6-15(13)16(17)9-8-14(18)12-19;/h2-7,10,14,19H,1,8-9,11-12,18H2;1H. The minimum Gasteiger partial charge on any atom is -0.489 e. The minimum absolute atomic E-state index is 0. The molecular formula is C17H22ClNO2. The molecule has 0 amide bonds. The first-order valence-corrected chi connectivity index (χ1v) is 6.87. The zero-order valence-electron chi connectivity index (χ0n) is 12.0. The summed E-state index contributed by atoms with van der Waals surface area (Å²) in [7, 11) is 0. The molecule has 0 fully saturated rings. The Hall–Kier alpha value is -1.55. The molecule has 0 saturated heterocycles. The summed E-state index contributed by atoms with van der Waals surface area (Å²) in [5, 5.41) is 11.4. The fraction of sp³-hybridized carbons (Fsp3) is 0.294. The zero-order chi connectivity index (χ0) is 14.4. The Morgan fingerprint density at radius 3 is 2.71 bits per heavy atom. The number of hydrogen-bond acceptors (Lipinski definition) is 3. The average Bonchev–Trinajstić information content (AvgIpc) is 2.50. The molecule has 0 spiro atoms. The maximum Gasteiger partial charge on any atom is 0.123 e. The largest absolute Gasteiger partial charge is 0.489 e. The van der Waals surface area contributed by atoms with Crippen molar-refractivity contribution in [1.29, 1.82) is 0 Å². The molecule has 1 atom stereocenters. The first kappa shape index (κ1) is 17.5. The van der Waals surface area contributed by atoms with Gasteiger partial charge in [0.1, 0.15) is 12.4 Å². The molecule has 2 rings (SSSR count). The zero-order valence-corrected chi connectivity index (χ0v) is 12.8. The van der Waals surface area contributed by atoms with Gasteiger partial charge in [-0.3, -0.25) is 0 Å². The number of nitrogens with two attached hydrogens (primary N) is 1. The SMILES string of the molecule is C=CCOc1ccc2ccccc2c1CCC(N)CO.Cl. The summed E-state index contributed by atoms with van der Waals surface area (Å²) < 4.78 is 5.74. The van der Waals surface area contributed by atoms with Gasteiger partial charge in [-0.05, 0) is 29.7 Å². The molecule has 114 valence electrons. The van der Waals surface area contributed by atoms with Gasteiger partial charge in [0.15, 0.2) is 0 Å². The first-order valence-electron chi connectivity index (χ1n) is 6.87. The van der Waals surface area contributed by atoms with Crippen molar-refractivity contribution < 1.29 is 9.84 Å². The number of hydrogen-bond donors (Lipinski definition) is 2. The van der Waals surface area contributed by atoms with Crippen LogP contribution >= 0.6 is 12.4 Å². The highest BCUT2D eigenvalue weighted by Gasteiger charge is 2.10. The number of benzene rings is 2. The molecule has 0 saturated carbocycles. The molecule has 3 nitrogen and oxygen atoms in total. The van der Waals surface area contributed by atoms with Gasteiger partial charge in [-0.1, -0.05) is 43.0 Å². The van der Waals surface area contributed by atoms with Gasteiger partial charge in [0.2, 0.25) is 0 Å². The summed E-state index contributed by atoms with van der Waals surface area (Å²) in [6.07, 6.45) is 3.25. The van der Waals surface area contributed by atoms with Crippen LogP contribution in [0.2, 0.25) is 0 Å². The molecule has 0 aliphatic rings. The van der Waals surface area contributed by atoms with Crippen molar-refractivity contribution >= 4 is 23.2 Å². The van der Waals surface area contributed by atoms with E-state index in [0.29, 0.717) is 6.61 Å². The topological polar surface area (TPSA) is 55.5 Å². The van der Waals surface area contributed by atoms with Crippen molar-refractivity contribution in [3.8, 4) is 5.75 Å². The third kappa shape index (κ3) is 4.46. The van der Waals surface area contributed by atoms with E-state index >= 15 is 0 Å². The molecule has 4 heteroatoms. The lowest BCUT2D eigenvalue weighted by Crippen LogP contribution is -2.24. The van der Waals surface area contributed by atoms with Crippen LogP contribution in [0.5, 0.6) is 5.75 Å². The Morgan fingerprint density at radius 1 is 1.24 bits per heavy atom. The van der Waals surface area contributed by atoms with Crippen LogP contribution in [0.25, 0.3) is 10.8 Å². The number of aliphatic hydroxyl groups excluding tert-OH is 1. The summed E-state index contributed by atoms with van der Waals surface area (Å²) >= 11 is 0. The Balaban J connectivity index is 0.00000220. The summed E-state index contributed by atoms with van der Waals surface area (Å²) in [4.78, 5) is 0. The van der Waals surface area contributed by atoms with E-state index in [0.717, 1.165) is 24.2 Å². The second-order valence-electron chi connectivity index (χ2n) is 4.84. The van der Waals surface area contributed by atoms with Gasteiger partial charge in [-0.2, -0.15) is 0 Å². The number of fused-ring (bicyclic) bond motifs is 1. The molecule has 3 N–H and O–H groups in total. The predicted molar refractivity (Wildman–Crippen MR) is 90.3 cm³/mol. The van der Waals surface area contributed by atoms with E-state index in [-0.39, 0.29) is 25.1 Å². The monoisotopic (exact) mass is 307 g/mol. The van der Waals surface area contributed by atoms with Crippen molar-refractivity contribution in [3.63, 3.8) is 0 Å². The Bertz CT molecular complexity index is 586.